The van der Waals surface area contributed by atoms with Gasteiger partial charge in [0, 0.05) is 38.1 Å². The van der Waals surface area contributed by atoms with E-state index in [0.29, 0.717) is 56.8 Å². The number of aryl methyl sites for hydroxylation is 2. The van der Waals surface area contributed by atoms with Crippen LogP contribution in [0.25, 0.3) is 0 Å². The number of carbonyl (C=O) groups excluding carboxylic acids is 1. The molecule has 2 aliphatic rings. The lowest BCUT2D eigenvalue weighted by Gasteiger charge is -2.34. The van der Waals surface area contributed by atoms with Crippen LogP contribution in [0.3, 0.4) is 0 Å². The van der Waals surface area contributed by atoms with E-state index in [1.165, 1.54) is 4.31 Å². The Kier molecular flexibility index (Phi) is 7.47. The molecular weight excluding hydrogens is 412 g/mol. The van der Waals surface area contributed by atoms with Gasteiger partial charge in [-0.15, -0.1) is 0 Å². The van der Waals surface area contributed by atoms with Crippen molar-refractivity contribution in [2.45, 2.75) is 56.9 Å². The van der Waals surface area contributed by atoms with Crippen LogP contribution in [-0.2, 0) is 14.8 Å². The number of likely N-dealkylation sites (tertiary alicyclic amines) is 1. The molecule has 2 fully saturated rings. The molecule has 0 unspecified atom stereocenters. The lowest BCUT2D eigenvalue weighted by Crippen LogP contribution is -2.49. The van der Waals surface area contributed by atoms with Crippen LogP contribution < -0.4 is 5.32 Å². The molecule has 0 saturated carbocycles. The monoisotopic (exact) mass is 443 g/mol. The van der Waals surface area contributed by atoms with Gasteiger partial charge in [-0.3, -0.25) is 9.69 Å². The molecule has 168 valence electrons. The summed E-state index contributed by atoms with van der Waals surface area (Å²) in [7, 11) is -3.56. The van der Waals surface area contributed by atoms with E-state index < -0.39 is 16.4 Å². The molecule has 1 amide bonds. The second kappa shape index (κ2) is 9.70. The standard InChI is InChI=1S/C21H31F2N3O3S/c1-15-3-4-19(13-16(15)2)30(28,29)26-11-5-17(6-12-26)21(27)24-18-7-9-25(10-8-18)14-20(22)23/h3-4,13,17-18,20H,5-12,14H2,1-2H3,(H,24,27). The predicted octanol–water partition coefficient (Wildman–Crippen LogP) is 2.55. The van der Waals surface area contributed by atoms with E-state index in [2.05, 4.69) is 5.32 Å². The van der Waals surface area contributed by atoms with Crippen LogP contribution in [0.15, 0.2) is 23.1 Å². The van der Waals surface area contributed by atoms with Gasteiger partial charge in [0.15, 0.2) is 0 Å². The number of amides is 1. The van der Waals surface area contributed by atoms with Crippen LogP contribution in [0.1, 0.15) is 36.8 Å². The summed E-state index contributed by atoms with van der Waals surface area (Å²) in [6, 6.07) is 5.15. The van der Waals surface area contributed by atoms with Crippen molar-refractivity contribution in [1.82, 2.24) is 14.5 Å². The Morgan fingerprint density at radius 2 is 1.70 bits per heavy atom. The topological polar surface area (TPSA) is 69.7 Å². The first kappa shape index (κ1) is 23.1. The molecule has 0 bridgehead atoms. The first-order valence-corrected chi connectivity index (χ1v) is 12.0. The maximum atomic E-state index is 12.9. The summed E-state index contributed by atoms with van der Waals surface area (Å²) in [5.41, 5.74) is 1.98. The first-order chi connectivity index (χ1) is 14.2. The molecule has 0 radical (unpaired) electrons. The summed E-state index contributed by atoms with van der Waals surface area (Å²) in [5.74, 6) is -0.263. The Bertz CT molecular complexity index is 847. The van der Waals surface area contributed by atoms with Gasteiger partial charge in [0.1, 0.15) is 0 Å². The van der Waals surface area contributed by atoms with Crippen LogP contribution in [0.4, 0.5) is 8.78 Å². The Labute approximate surface area is 177 Å². The first-order valence-electron chi connectivity index (χ1n) is 10.5. The molecule has 6 nitrogen and oxygen atoms in total. The molecule has 2 heterocycles. The highest BCUT2D eigenvalue weighted by Crippen LogP contribution is 2.25. The number of rotatable bonds is 6. The van der Waals surface area contributed by atoms with E-state index in [9.17, 15) is 22.0 Å². The van der Waals surface area contributed by atoms with Gasteiger partial charge in [0.25, 0.3) is 6.43 Å². The number of piperidine rings is 2. The van der Waals surface area contributed by atoms with E-state index in [4.69, 9.17) is 0 Å². The van der Waals surface area contributed by atoms with Crippen molar-refractivity contribution >= 4 is 15.9 Å². The molecular formula is C21H31F2N3O3S. The van der Waals surface area contributed by atoms with Gasteiger partial charge in [-0.25, -0.2) is 17.2 Å². The largest absolute Gasteiger partial charge is 0.353 e. The molecule has 1 aromatic carbocycles. The average molecular weight is 444 g/mol. The van der Waals surface area contributed by atoms with Gasteiger partial charge in [-0.05, 0) is 62.8 Å². The highest BCUT2D eigenvalue weighted by atomic mass is 32.2. The third kappa shape index (κ3) is 5.56. The highest BCUT2D eigenvalue weighted by molar-refractivity contribution is 7.89. The highest BCUT2D eigenvalue weighted by Gasteiger charge is 2.33. The fraction of sp³-hybridized carbons (Fsp3) is 0.667. The van der Waals surface area contributed by atoms with Crippen molar-refractivity contribution in [3.63, 3.8) is 0 Å². The van der Waals surface area contributed by atoms with Crippen LogP contribution in [0.2, 0.25) is 0 Å². The van der Waals surface area contributed by atoms with Crippen molar-refractivity contribution in [1.29, 1.82) is 0 Å². The molecule has 1 N–H and O–H groups in total. The molecule has 30 heavy (non-hydrogen) atoms. The van der Waals surface area contributed by atoms with Crippen molar-refractivity contribution in [3.8, 4) is 0 Å². The van der Waals surface area contributed by atoms with Crippen molar-refractivity contribution in [3.05, 3.63) is 29.3 Å². The average Bonchev–Trinajstić information content (AvgIpc) is 2.71. The number of benzene rings is 1. The smallest absolute Gasteiger partial charge is 0.251 e. The van der Waals surface area contributed by atoms with Crippen LogP contribution in [0.5, 0.6) is 0 Å². The molecule has 2 aliphatic heterocycles. The third-order valence-electron chi connectivity index (χ3n) is 6.27. The predicted molar refractivity (Wildman–Crippen MR) is 111 cm³/mol. The summed E-state index contributed by atoms with van der Waals surface area (Å²) < 4.78 is 52.2. The maximum Gasteiger partial charge on any atom is 0.251 e. The van der Waals surface area contributed by atoms with Crippen LogP contribution >= 0.6 is 0 Å². The number of carbonyl (C=O) groups is 1. The number of alkyl halides is 2. The fourth-order valence-corrected chi connectivity index (χ4v) is 5.71. The number of sulfonamides is 1. The quantitative estimate of drug-likeness (QED) is 0.734. The Hall–Kier alpha value is -1.58. The van der Waals surface area contributed by atoms with Crippen molar-refractivity contribution in [2.75, 3.05) is 32.7 Å². The van der Waals surface area contributed by atoms with Gasteiger partial charge in [-0.2, -0.15) is 4.31 Å². The second-order valence-corrected chi connectivity index (χ2v) is 10.3. The molecule has 0 aromatic heterocycles. The summed E-state index contributed by atoms with van der Waals surface area (Å²) >= 11 is 0. The van der Waals surface area contributed by atoms with Gasteiger partial charge >= 0.3 is 0 Å². The molecule has 0 atom stereocenters. The zero-order valence-corrected chi connectivity index (χ0v) is 18.4. The van der Waals surface area contributed by atoms with Gasteiger partial charge in [0.2, 0.25) is 15.9 Å². The van der Waals surface area contributed by atoms with E-state index in [1.54, 1.807) is 17.0 Å². The Balaban J connectivity index is 1.49. The van der Waals surface area contributed by atoms with Crippen molar-refractivity contribution < 1.29 is 22.0 Å². The number of nitrogens with one attached hydrogen (secondary N) is 1. The van der Waals surface area contributed by atoms with E-state index in [-0.39, 0.29) is 24.4 Å². The number of hydrogen-bond donors (Lipinski definition) is 1. The minimum Gasteiger partial charge on any atom is -0.353 e. The molecule has 3 rings (SSSR count). The van der Waals surface area contributed by atoms with Gasteiger partial charge in [-0.1, -0.05) is 6.07 Å². The zero-order chi connectivity index (χ0) is 21.9. The summed E-state index contributed by atoms with van der Waals surface area (Å²) in [6.45, 7) is 5.37. The molecule has 0 spiro atoms. The lowest BCUT2D eigenvalue weighted by atomic mass is 9.96. The summed E-state index contributed by atoms with van der Waals surface area (Å²) in [6.07, 6.45) is -0.0292. The molecule has 0 aliphatic carbocycles. The van der Waals surface area contributed by atoms with Gasteiger partial charge < -0.3 is 5.32 Å². The third-order valence-corrected chi connectivity index (χ3v) is 8.17. The summed E-state index contributed by atoms with van der Waals surface area (Å²) in [5, 5.41) is 3.04. The van der Waals surface area contributed by atoms with Crippen LogP contribution in [0, 0.1) is 19.8 Å². The van der Waals surface area contributed by atoms with Gasteiger partial charge in [0.05, 0.1) is 11.4 Å². The van der Waals surface area contributed by atoms with Crippen LogP contribution in [-0.4, -0.2) is 68.7 Å². The minimum absolute atomic E-state index is 0.00344. The summed E-state index contributed by atoms with van der Waals surface area (Å²) in [4.78, 5) is 14.6. The SMILES string of the molecule is Cc1ccc(S(=O)(=O)N2CCC(C(=O)NC3CCN(CC(F)F)CC3)CC2)cc1C. The molecule has 9 heteroatoms. The number of halogens is 2. The number of hydrogen-bond acceptors (Lipinski definition) is 4. The van der Waals surface area contributed by atoms with Crippen molar-refractivity contribution in [2.24, 2.45) is 5.92 Å². The zero-order valence-electron chi connectivity index (χ0n) is 17.6. The Morgan fingerprint density at radius 3 is 2.27 bits per heavy atom. The molecule has 2 saturated heterocycles. The van der Waals surface area contributed by atoms with E-state index in [1.807, 2.05) is 19.9 Å². The minimum atomic E-state index is -3.56. The number of nitrogens with zero attached hydrogens (tertiary/aromatic N) is 2. The fourth-order valence-electron chi connectivity index (χ4n) is 4.16. The lowest BCUT2D eigenvalue weighted by molar-refractivity contribution is -0.127. The Morgan fingerprint density at radius 1 is 1.07 bits per heavy atom. The van der Waals surface area contributed by atoms with E-state index in [0.717, 1.165) is 11.1 Å². The second-order valence-electron chi connectivity index (χ2n) is 8.40. The molecule has 1 aromatic rings. The van der Waals surface area contributed by atoms with E-state index >= 15 is 0 Å². The normalized spacial score (nSPS) is 20.6. The maximum absolute atomic E-state index is 12.9.